The van der Waals surface area contributed by atoms with Gasteiger partial charge in [0.25, 0.3) is 0 Å². The van der Waals surface area contributed by atoms with Crippen molar-refractivity contribution < 1.29 is 0 Å². The van der Waals surface area contributed by atoms with E-state index in [2.05, 4.69) is 59.1 Å². The summed E-state index contributed by atoms with van der Waals surface area (Å²) in [4.78, 5) is 5.95. The van der Waals surface area contributed by atoms with Crippen LogP contribution in [0.15, 0.2) is 47.5 Å². The SMILES string of the molecule is Cc1cn2c(n1)CSc1c-2ccc2ccccc12. The molecule has 0 aliphatic carbocycles. The zero-order valence-corrected chi connectivity index (χ0v) is 10.9. The molecule has 0 saturated carbocycles. The van der Waals surface area contributed by atoms with Crippen LogP contribution in [-0.2, 0) is 5.75 Å². The quantitative estimate of drug-likeness (QED) is 0.603. The normalized spacial score (nSPS) is 13.4. The highest BCUT2D eigenvalue weighted by Gasteiger charge is 2.19. The maximum absolute atomic E-state index is 4.57. The third-order valence-corrected chi connectivity index (χ3v) is 4.48. The van der Waals surface area contributed by atoms with E-state index in [1.54, 1.807) is 0 Å². The topological polar surface area (TPSA) is 17.8 Å². The van der Waals surface area contributed by atoms with Gasteiger partial charge in [-0.2, -0.15) is 0 Å². The first-order valence-corrected chi connectivity index (χ1v) is 7.01. The molecule has 0 saturated heterocycles. The molecule has 0 radical (unpaired) electrons. The number of hydrogen-bond donors (Lipinski definition) is 0. The van der Waals surface area contributed by atoms with Gasteiger partial charge in [0.2, 0.25) is 0 Å². The summed E-state index contributed by atoms with van der Waals surface area (Å²) in [7, 11) is 0. The van der Waals surface area contributed by atoms with Crippen LogP contribution in [0.5, 0.6) is 0 Å². The average Bonchev–Trinajstić information content (AvgIpc) is 2.79. The van der Waals surface area contributed by atoms with Gasteiger partial charge in [0.1, 0.15) is 5.82 Å². The summed E-state index contributed by atoms with van der Waals surface area (Å²) < 4.78 is 2.23. The summed E-state index contributed by atoms with van der Waals surface area (Å²) in [6.45, 7) is 2.05. The van der Waals surface area contributed by atoms with E-state index >= 15 is 0 Å². The number of imidazole rings is 1. The molecule has 0 amide bonds. The number of benzene rings is 2. The summed E-state index contributed by atoms with van der Waals surface area (Å²) in [5, 5.41) is 2.65. The summed E-state index contributed by atoms with van der Waals surface area (Å²) in [6, 6.07) is 13.0. The minimum absolute atomic E-state index is 0.953. The smallest absolute Gasteiger partial charge is 0.123 e. The van der Waals surface area contributed by atoms with Crippen molar-refractivity contribution in [2.45, 2.75) is 17.6 Å². The fourth-order valence-electron chi connectivity index (χ4n) is 2.57. The third-order valence-electron chi connectivity index (χ3n) is 3.36. The molecule has 0 spiro atoms. The molecule has 0 atom stereocenters. The van der Waals surface area contributed by atoms with Gasteiger partial charge in [-0.3, -0.25) is 0 Å². The van der Waals surface area contributed by atoms with E-state index < -0.39 is 0 Å². The van der Waals surface area contributed by atoms with Gasteiger partial charge in [-0.05, 0) is 23.8 Å². The molecule has 2 heterocycles. The second-order valence-corrected chi connectivity index (χ2v) is 5.58. The van der Waals surface area contributed by atoms with Crippen LogP contribution in [0.3, 0.4) is 0 Å². The van der Waals surface area contributed by atoms with Crippen LogP contribution in [0, 0.1) is 6.92 Å². The summed E-state index contributed by atoms with van der Waals surface area (Å²) in [5.74, 6) is 2.11. The fraction of sp³-hybridized carbons (Fsp3) is 0.133. The third kappa shape index (κ3) is 1.34. The number of thioether (sulfide) groups is 1. The molecule has 2 aromatic carbocycles. The van der Waals surface area contributed by atoms with E-state index in [1.807, 2.05) is 11.8 Å². The molecule has 0 N–H and O–H groups in total. The van der Waals surface area contributed by atoms with Gasteiger partial charge in [0.05, 0.1) is 17.1 Å². The van der Waals surface area contributed by atoms with Crippen molar-refractivity contribution in [2.75, 3.05) is 0 Å². The molecule has 1 aliphatic heterocycles. The Morgan fingerprint density at radius 1 is 1.17 bits per heavy atom. The van der Waals surface area contributed by atoms with Gasteiger partial charge in [-0.25, -0.2) is 4.98 Å². The Balaban J connectivity index is 2.08. The van der Waals surface area contributed by atoms with Gasteiger partial charge < -0.3 is 4.57 Å². The molecule has 1 aromatic heterocycles. The number of aryl methyl sites for hydroxylation is 1. The highest BCUT2D eigenvalue weighted by molar-refractivity contribution is 7.99. The molecule has 2 nitrogen and oxygen atoms in total. The Labute approximate surface area is 110 Å². The first kappa shape index (κ1) is 10.2. The Kier molecular flexibility index (Phi) is 2.06. The molecular formula is C15H12N2S. The molecule has 0 bridgehead atoms. The molecule has 4 rings (SSSR count). The number of nitrogens with zero attached hydrogens (tertiary/aromatic N) is 2. The van der Waals surface area contributed by atoms with E-state index in [-0.39, 0.29) is 0 Å². The largest absolute Gasteiger partial charge is 0.302 e. The Hall–Kier alpha value is -1.74. The van der Waals surface area contributed by atoms with Crippen molar-refractivity contribution in [3.05, 3.63) is 54.1 Å². The predicted octanol–water partition coefficient (Wildman–Crippen LogP) is 3.94. The van der Waals surface area contributed by atoms with Crippen molar-refractivity contribution in [3.63, 3.8) is 0 Å². The average molecular weight is 252 g/mol. The van der Waals surface area contributed by atoms with Crippen molar-refractivity contribution in [1.29, 1.82) is 0 Å². The maximum Gasteiger partial charge on any atom is 0.123 e. The minimum atomic E-state index is 0.953. The zero-order chi connectivity index (χ0) is 12.1. The summed E-state index contributed by atoms with van der Waals surface area (Å²) >= 11 is 1.89. The molecule has 18 heavy (non-hydrogen) atoms. The van der Waals surface area contributed by atoms with Crippen LogP contribution in [0.1, 0.15) is 11.5 Å². The molecule has 3 aromatic rings. The summed E-state index contributed by atoms with van der Waals surface area (Å²) in [5.41, 5.74) is 2.35. The number of hydrogen-bond acceptors (Lipinski definition) is 2. The Bertz CT molecular complexity index is 758. The van der Waals surface area contributed by atoms with Crippen LogP contribution in [0.25, 0.3) is 16.5 Å². The molecule has 0 fully saturated rings. The van der Waals surface area contributed by atoms with Gasteiger partial charge >= 0.3 is 0 Å². The second-order valence-electron chi connectivity index (χ2n) is 4.59. The monoisotopic (exact) mass is 252 g/mol. The van der Waals surface area contributed by atoms with Crippen molar-refractivity contribution in [2.24, 2.45) is 0 Å². The molecular weight excluding hydrogens is 240 g/mol. The summed E-state index contributed by atoms with van der Waals surface area (Å²) in [6.07, 6.45) is 2.13. The number of rotatable bonds is 0. The minimum Gasteiger partial charge on any atom is -0.302 e. The number of fused-ring (bicyclic) bond motifs is 5. The Morgan fingerprint density at radius 3 is 3.00 bits per heavy atom. The van der Waals surface area contributed by atoms with Crippen molar-refractivity contribution in [1.82, 2.24) is 9.55 Å². The van der Waals surface area contributed by atoms with Crippen LogP contribution in [-0.4, -0.2) is 9.55 Å². The van der Waals surface area contributed by atoms with Crippen molar-refractivity contribution in [3.8, 4) is 5.69 Å². The maximum atomic E-state index is 4.57. The lowest BCUT2D eigenvalue weighted by molar-refractivity contribution is 0.927. The van der Waals surface area contributed by atoms with E-state index in [1.165, 1.54) is 21.4 Å². The Morgan fingerprint density at radius 2 is 2.06 bits per heavy atom. The lowest BCUT2D eigenvalue weighted by Crippen LogP contribution is -2.05. The lowest BCUT2D eigenvalue weighted by Gasteiger charge is -2.19. The van der Waals surface area contributed by atoms with Crippen LogP contribution >= 0.6 is 11.8 Å². The van der Waals surface area contributed by atoms with E-state index in [4.69, 9.17) is 0 Å². The molecule has 88 valence electrons. The lowest BCUT2D eigenvalue weighted by atomic mass is 10.1. The van der Waals surface area contributed by atoms with Crippen LogP contribution in [0.4, 0.5) is 0 Å². The molecule has 1 aliphatic rings. The van der Waals surface area contributed by atoms with E-state index in [0.29, 0.717) is 0 Å². The first-order valence-electron chi connectivity index (χ1n) is 6.03. The zero-order valence-electron chi connectivity index (χ0n) is 10.1. The highest BCUT2D eigenvalue weighted by Crippen LogP contribution is 2.39. The first-order chi connectivity index (χ1) is 8.83. The predicted molar refractivity (Wildman–Crippen MR) is 75.4 cm³/mol. The standard InChI is InChI=1S/C15H12N2S/c1-10-8-17-13-7-6-11-4-2-3-5-12(11)15(13)18-9-14(17)16-10/h2-8H,9H2,1H3. The fourth-order valence-corrected chi connectivity index (χ4v) is 3.70. The molecule has 3 heteroatoms. The highest BCUT2D eigenvalue weighted by atomic mass is 32.2. The second kappa shape index (κ2) is 3.62. The van der Waals surface area contributed by atoms with Gasteiger partial charge in [0.15, 0.2) is 0 Å². The van der Waals surface area contributed by atoms with E-state index in [9.17, 15) is 0 Å². The van der Waals surface area contributed by atoms with Gasteiger partial charge in [-0.1, -0.05) is 30.3 Å². The van der Waals surface area contributed by atoms with Gasteiger partial charge in [0, 0.05) is 11.1 Å². The van der Waals surface area contributed by atoms with E-state index in [0.717, 1.165) is 17.3 Å². The van der Waals surface area contributed by atoms with Crippen LogP contribution in [0.2, 0.25) is 0 Å². The van der Waals surface area contributed by atoms with Gasteiger partial charge in [-0.15, -0.1) is 11.8 Å². The van der Waals surface area contributed by atoms with Crippen molar-refractivity contribution >= 4 is 22.5 Å². The van der Waals surface area contributed by atoms with Crippen LogP contribution < -0.4 is 0 Å². The molecule has 0 unspecified atom stereocenters. The number of aromatic nitrogens is 2.